The molecule has 0 amide bonds. The summed E-state index contributed by atoms with van der Waals surface area (Å²) in [4.78, 5) is 26.4. The second-order valence-corrected chi connectivity index (χ2v) is 9.48. The van der Waals surface area contributed by atoms with Crippen molar-refractivity contribution in [3.05, 3.63) is 93.2 Å². The first kappa shape index (κ1) is 18.7. The first-order valence-corrected chi connectivity index (χ1v) is 11.2. The lowest BCUT2D eigenvalue weighted by atomic mass is 9.90. The maximum absolute atomic E-state index is 14.9. The van der Waals surface area contributed by atoms with Crippen LogP contribution in [0, 0.1) is 11.2 Å². The van der Waals surface area contributed by atoms with E-state index >= 15 is 0 Å². The predicted octanol–water partition coefficient (Wildman–Crippen LogP) is 4.00. The summed E-state index contributed by atoms with van der Waals surface area (Å²) in [5, 5.41) is 12.6. The van der Waals surface area contributed by atoms with Crippen molar-refractivity contribution in [2.45, 2.75) is 29.5 Å². The summed E-state index contributed by atoms with van der Waals surface area (Å²) < 4.78 is 16.5. The summed E-state index contributed by atoms with van der Waals surface area (Å²) in [6.45, 7) is 0.445. The van der Waals surface area contributed by atoms with E-state index in [-0.39, 0.29) is 23.3 Å². The van der Waals surface area contributed by atoms with Gasteiger partial charge in [-0.3, -0.25) is 19.3 Å². The number of nitrogens with zero attached hydrogens (tertiary/aromatic N) is 2. The van der Waals surface area contributed by atoms with Crippen molar-refractivity contribution in [2.75, 3.05) is 11.6 Å². The maximum atomic E-state index is 14.9. The van der Waals surface area contributed by atoms with E-state index in [9.17, 15) is 19.1 Å². The second kappa shape index (κ2) is 6.47. The molecule has 1 fully saturated rings. The molecule has 6 rings (SSSR count). The third-order valence-corrected chi connectivity index (χ3v) is 7.79. The zero-order valence-corrected chi connectivity index (χ0v) is 17.4. The maximum Gasteiger partial charge on any atom is 0.224 e. The SMILES string of the molecule is O=C1c2c(O)c(=O)ccn2N(C2c3ccccc3SCc3c(F)cccc32)CC12CC2. The van der Waals surface area contributed by atoms with Crippen LogP contribution in [-0.4, -0.2) is 22.1 Å². The van der Waals surface area contributed by atoms with E-state index in [1.165, 1.54) is 12.1 Å². The van der Waals surface area contributed by atoms with Crippen LogP contribution >= 0.6 is 11.8 Å². The summed E-state index contributed by atoms with van der Waals surface area (Å²) in [5.74, 6) is -0.440. The highest BCUT2D eigenvalue weighted by molar-refractivity contribution is 7.98. The van der Waals surface area contributed by atoms with Crippen LogP contribution in [0.25, 0.3) is 0 Å². The van der Waals surface area contributed by atoms with Crippen molar-refractivity contribution in [3.8, 4) is 5.75 Å². The Bertz CT molecular complexity index is 1310. The Balaban J connectivity index is 1.65. The lowest BCUT2D eigenvalue weighted by Gasteiger charge is -2.43. The predicted molar refractivity (Wildman–Crippen MR) is 116 cm³/mol. The molecule has 1 N–H and O–H groups in total. The van der Waals surface area contributed by atoms with Crippen LogP contribution in [0.2, 0.25) is 0 Å². The van der Waals surface area contributed by atoms with E-state index in [1.54, 1.807) is 28.7 Å². The van der Waals surface area contributed by atoms with Crippen molar-refractivity contribution in [3.63, 3.8) is 0 Å². The minimum atomic E-state index is -0.604. The lowest BCUT2D eigenvalue weighted by Crippen LogP contribution is -2.51. The van der Waals surface area contributed by atoms with E-state index in [1.807, 2.05) is 35.3 Å². The topological polar surface area (TPSA) is 62.5 Å². The van der Waals surface area contributed by atoms with Gasteiger partial charge in [0.05, 0.1) is 11.5 Å². The molecule has 31 heavy (non-hydrogen) atoms. The highest BCUT2D eigenvalue weighted by Crippen LogP contribution is 2.53. The van der Waals surface area contributed by atoms with Gasteiger partial charge in [0.2, 0.25) is 5.43 Å². The average Bonchev–Trinajstić information content (AvgIpc) is 3.56. The van der Waals surface area contributed by atoms with E-state index in [4.69, 9.17) is 0 Å². The number of carbonyl (C=O) groups excluding carboxylic acids is 1. The van der Waals surface area contributed by atoms with Crippen LogP contribution in [-0.2, 0) is 5.75 Å². The Kier molecular flexibility index (Phi) is 3.90. The van der Waals surface area contributed by atoms with E-state index in [0.29, 0.717) is 30.7 Å². The number of carbonyl (C=O) groups is 1. The van der Waals surface area contributed by atoms with Crippen LogP contribution < -0.4 is 10.4 Å². The summed E-state index contributed by atoms with van der Waals surface area (Å²) in [6, 6.07) is 14.0. The normalized spacial score (nSPS) is 20.6. The molecule has 1 spiro atoms. The Labute approximate surface area is 182 Å². The van der Waals surface area contributed by atoms with Crippen molar-refractivity contribution in [1.82, 2.24) is 4.68 Å². The zero-order valence-electron chi connectivity index (χ0n) is 16.5. The molecule has 3 heterocycles. The fourth-order valence-electron chi connectivity index (χ4n) is 4.86. The van der Waals surface area contributed by atoms with Gasteiger partial charge in [-0.25, -0.2) is 4.39 Å². The number of benzene rings is 2. The average molecular weight is 434 g/mol. The Morgan fingerprint density at radius 2 is 1.81 bits per heavy atom. The molecule has 1 aromatic heterocycles. The molecule has 1 saturated carbocycles. The first-order valence-electron chi connectivity index (χ1n) is 10.3. The number of hydrogen-bond donors (Lipinski definition) is 1. The second-order valence-electron chi connectivity index (χ2n) is 8.47. The zero-order chi connectivity index (χ0) is 21.3. The largest absolute Gasteiger partial charge is 0.503 e. The van der Waals surface area contributed by atoms with Gasteiger partial charge in [-0.15, -0.1) is 11.8 Å². The quantitative estimate of drug-likeness (QED) is 0.627. The molecule has 156 valence electrons. The third-order valence-electron chi connectivity index (χ3n) is 6.68. The number of ketones is 1. The van der Waals surface area contributed by atoms with Gasteiger partial charge in [0.25, 0.3) is 0 Å². The summed E-state index contributed by atoms with van der Waals surface area (Å²) >= 11 is 1.59. The molecule has 0 saturated heterocycles. The molecular weight excluding hydrogens is 415 g/mol. The smallest absolute Gasteiger partial charge is 0.224 e. The van der Waals surface area contributed by atoms with Gasteiger partial charge in [-0.2, -0.15) is 0 Å². The van der Waals surface area contributed by atoms with Crippen molar-refractivity contribution >= 4 is 17.5 Å². The van der Waals surface area contributed by atoms with E-state index in [0.717, 1.165) is 16.0 Å². The van der Waals surface area contributed by atoms with E-state index in [2.05, 4.69) is 0 Å². The third kappa shape index (κ3) is 2.62. The van der Waals surface area contributed by atoms with Gasteiger partial charge < -0.3 is 5.11 Å². The number of Topliss-reactive ketones (excluding diaryl/α,β-unsaturated/α-hetero) is 1. The Morgan fingerprint density at radius 1 is 1.03 bits per heavy atom. The minimum absolute atomic E-state index is 0.0311. The van der Waals surface area contributed by atoms with E-state index < -0.39 is 16.6 Å². The molecule has 1 unspecified atom stereocenters. The number of hydrogen-bond acceptors (Lipinski definition) is 5. The molecule has 2 aromatic carbocycles. The van der Waals surface area contributed by atoms with Crippen molar-refractivity contribution in [1.29, 1.82) is 0 Å². The number of thioether (sulfide) groups is 1. The fraction of sp³-hybridized carbons (Fsp3) is 0.250. The highest BCUT2D eigenvalue weighted by Gasteiger charge is 2.56. The van der Waals surface area contributed by atoms with Crippen LogP contribution in [0.1, 0.15) is 46.1 Å². The number of fused-ring (bicyclic) bond motifs is 3. The minimum Gasteiger partial charge on any atom is -0.503 e. The summed E-state index contributed by atoms with van der Waals surface area (Å²) in [7, 11) is 0. The molecule has 1 atom stereocenters. The van der Waals surface area contributed by atoms with Crippen LogP contribution in [0.15, 0.2) is 64.4 Å². The monoisotopic (exact) mass is 434 g/mol. The molecular formula is C24H19FN2O3S. The number of pyridine rings is 1. The summed E-state index contributed by atoms with van der Waals surface area (Å²) in [5.41, 5.74) is 1.36. The van der Waals surface area contributed by atoms with Crippen molar-refractivity contribution in [2.24, 2.45) is 5.41 Å². The molecule has 2 aliphatic heterocycles. The van der Waals surface area contributed by atoms with Crippen LogP contribution in [0.4, 0.5) is 4.39 Å². The Hall–Kier alpha value is -3.06. The van der Waals surface area contributed by atoms with Gasteiger partial charge in [0.15, 0.2) is 17.2 Å². The lowest BCUT2D eigenvalue weighted by molar-refractivity contribution is 0.0856. The summed E-state index contributed by atoms with van der Waals surface area (Å²) in [6.07, 6.45) is 2.97. The number of rotatable bonds is 1. The molecule has 3 aliphatic rings. The fourth-order valence-corrected chi connectivity index (χ4v) is 5.99. The van der Waals surface area contributed by atoms with Crippen molar-refractivity contribution < 1.29 is 14.3 Å². The van der Waals surface area contributed by atoms with Gasteiger partial charge in [0, 0.05) is 35.0 Å². The standard InChI is InChI=1S/C24H19FN2O3S/c25-17-6-3-5-14-16(17)12-31-19-7-2-1-4-15(19)20(14)27-13-24(9-10-24)23(30)21-22(29)18(28)8-11-26(21)27/h1-8,11,20,29H,9-10,12-13H2. The Morgan fingerprint density at radius 3 is 2.61 bits per heavy atom. The molecule has 7 heteroatoms. The molecule has 1 aliphatic carbocycles. The van der Waals surface area contributed by atoms with Gasteiger partial charge >= 0.3 is 0 Å². The highest BCUT2D eigenvalue weighted by atomic mass is 32.2. The first-order chi connectivity index (χ1) is 15.0. The molecule has 5 nitrogen and oxygen atoms in total. The van der Waals surface area contributed by atoms with Crippen LogP contribution in [0.5, 0.6) is 5.75 Å². The van der Waals surface area contributed by atoms with Gasteiger partial charge in [-0.05, 0) is 36.1 Å². The molecule has 0 bridgehead atoms. The molecule has 3 aromatic rings. The number of aromatic hydroxyl groups is 1. The van der Waals surface area contributed by atoms with Crippen LogP contribution in [0.3, 0.4) is 0 Å². The molecule has 0 radical (unpaired) electrons. The number of aromatic nitrogens is 1. The van der Waals surface area contributed by atoms with Gasteiger partial charge in [0.1, 0.15) is 5.82 Å². The number of halogens is 1. The van der Waals surface area contributed by atoms with Gasteiger partial charge in [-0.1, -0.05) is 30.3 Å².